The lowest BCUT2D eigenvalue weighted by molar-refractivity contribution is -0.137. The number of hydrogen-bond donors (Lipinski definition) is 1. The summed E-state index contributed by atoms with van der Waals surface area (Å²) < 4.78 is 38.4. The van der Waals surface area contributed by atoms with E-state index < -0.39 is 11.7 Å². The van der Waals surface area contributed by atoms with Crippen LogP contribution in [0, 0.1) is 0 Å². The van der Waals surface area contributed by atoms with E-state index in [9.17, 15) is 22.8 Å². The highest BCUT2D eigenvalue weighted by molar-refractivity contribution is 6.02. The van der Waals surface area contributed by atoms with Crippen molar-refractivity contribution in [2.45, 2.75) is 33.0 Å². The molecular weight excluding hydrogens is 369 g/mol. The lowest BCUT2D eigenvalue weighted by atomic mass is 9.97. The van der Waals surface area contributed by atoms with E-state index in [4.69, 9.17) is 0 Å². The van der Waals surface area contributed by atoms with Crippen molar-refractivity contribution >= 4 is 11.8 Å². The molecule has 0 saturated carbocycles. The number of carbonyl (C=O) groups is 2. The van der Waals surface area contributed by atoms with Crippen molar-refractivity contribution in [2.24, 2.45) is 0 Å². The fraction of sp³-hybridized carbons (Fsp3) is 0.333. The standard InChI is InChI=1S/C21H23F3N2O2/c1-4-26(13-19(27)25-14(2)3)20(28)18-8-6-5-7-17(18)15-9-11-16(12-10-15)21(22,23)24/h5-12,14H,4,13H2,1-3H3,(H,25,27). The third kappa shape index (κ3) is 5.34. The molecule has 7 heteroatoms. The van der Waals surface area contributed by atoms with Gasteiger partial charge in [-0.05, 0) is 50.1 Å². The Bertz CT molecular complexity index is 830. The Kier molecular flexibility index (Phi) is 6.83. The monoisotopic (exact) mass is 392 g/mol. The van der Waals surface area contributed by atoms with Gasteiger partial charge in [0.25, 0.3) is 5.91 Å². The summed E-state index contributed by atoms with van der Waals surface area (Å²) in [5.74, 6) is -0.617. The van der Waals surface area contributed by atoms with Gasteiger partial charge in [0, 0.05) is 18.2 Å². The molecule has 0 aliphatic rings. The molecule has 1 N–H and O–H groups in total. The summed E-state index contributed by atoms with van der Waals surface area (Å²) in [4.78, 5) is 26.4. The van der Waals surface area contributed by atoms with Gasteiger partial charge in [0.05, 0.1) is 12.1 Å². The van der Waals surface area contributed by atoms with Crippen LogP contribution in [0.5, 0.6) is 0 Å². The van der Waals surface area contributed by atoms with Crippen LogP contribution in [0.15, 0.2) is 48.5 Å². The van der Waals surface area contributed by atoms with Crippen LogP contribution in [-0.2, 0) is 11.0 Å². The van der Waals surface area contributed by atoms with Crippen LogP contribution in [0.25, 0.3) is 11.1 Å². The first-order chi connectivity index (χ1) is 13.1. The van der Waals surface area contributed by atoms with Crippen LogP contribution in [0.1, 0.15) is 36.7 Å². The number of nitrogens with one attached hydrogen (secondary N) is 1. The van der Waals surface area contributed by atoms with E-state index in [1.165, 1.54) is 17.0 Å². The maximum absolute atomic E-state index is 13.0. The second kappa shape index (κ2) is 8.91. The molecule has 0 aliphatic heterocycles. The summed E-state index contributed by atoms with van der Waals surface area (Å²) in [6, 6.07) is 11.3. The first-order valence-corrected chi connectivity index (χ1v) is 8.98. The second-order valence-corrected chi connectivity index (χ2v) is 6.66. The van der Waals surface area contributed by atoms with Gasteiger partial charge in [-0.2, -0.15) is 13.2 Å². The topological polar surface area (TPSA) is 49.4 Å². The smallest absolute Gasteiger partial charge is 0.352 e. The Balaban J connectivity index is 2.31. The van der Waals surface area contributed by atoms with E-state index in [0.29, 0.717) is 23.2 Å². The number of carbonyl (C=O) groups excluding carboxylic acids is 2. The van der Waals surface area contributed by atoms with Crippen LogP contribution < -0.4 is 5.32 Å². The molecule has 2 rings (SSSR count). The first kappa shape index (κ1) is 21.5. The van der Waals surface area contributed by atoms with Crippen molar-refractivity contribution in [2.75, 3.05) is 13.1 Å². The van der Waals surface area contributed by atoms with Gasteiger partial charge in [-0.1, -0.05) is 30.3 Å². The van der Waals surface area contributed by atoms with Gasteiger partial charge in [0.15, 0.2) is 0 Å². The Labute approximate surface area is 162 Å². The molecule has 0 heterocycles. The quantitative estimate of drug-likeness (QED) is 0.794. The summed E-state index contributed by atoms with van der Waals surface area (Å²) in [5.41, 5.74) is 0.602. The Morgan fingerprint density at radius 2 is 1.64 bits per heavy atom. The molecule has 0 unspecified atom stereocenters. The highest BCUT2D eigenvalue weighted by Gasteiger charge is 2.30. The molecule has 0 bridgehead atoms. The molecular formula is C21H23F3N2O2. The minimum Gasteiger partial charge on any atom is -0.352 e. The SMILES string of the molecule is CCN(CC(=O)NC(C)C)C(=O)c1ccccc1-c1ccc(C(F)(F)F)cc1. The zero-order valence-corrected chi connectivity index (χ0v) is 16.0. The van der Waals surface area contributed by atoms with Gasteiger partial charge in [0.2, 0.25) is 5.91 Å². The Morgan fingerprint density at radius 1 is 1.04 bits per heavy atom. The summed E-state index contributed by atoms with van der Waals surface area (Å²) in [5, 5.41) is 2.74. The number of benzene rings is 2. The molecule has 150 valence electrons. The van der Waals surface area contributed by atoms with Crippen LogP contribution in [0.4, 0.5) is 13.2 Å². The predicted molar refractivity (Wildman–Crippen MR) is 102 cm³/mol. The highest BCUT2D eigenvalue weighted by Crippen LogP contribution is 2.32. The number of amides is 2. The molecule has 0 fully saturated rings. The minimum atomic E-state index is -4.42. The number of likely N-dealkylation sites (N-methyl/N-ethyl adjacent to an activating group) is 1. The van der Waals surface area contributed by atoms with Gasteiger partial charge in [-0.15, -0.1) is 0 Å². The molecule has 0 spiro atoms. The van der Waals surface area contributed by atoms with Gasteiger partial charge < -0.3 is 10.2 Å². The van der Waals surface area contributed by atoms with Crippen LogP contribution in [0.3, 0.4) is 0 Å². The van der Waals surface area contributed by atoms with Crippen LogP contribution >= 0.6 is 0 Å². The molecule has 0 aliphatic carbocycles. The van der Waals surface area contributed by atoms with Crippen molar-refractivity contribution in [1.82, 2.24) is 10.2 Å². The number of nitrogens with zero attached hydrogens (tertiary/aromatic N) is 1. The first-order valence-electron chi connectivity index (χ1n) is 8.98. The van der Waals surface area contributed by atoms with Crippen molar-refractivity contribution in [1.29, 1.82) is 0 Å². The number of rotatable bonds is 6. The highest BCUT2D eigenvalue weighted by atomic mass is 19.4. The summed E-state index contributed by atoms with van der Waals surface area (Å²) >= 11 is 0. The zero-order chi connectivity index (χ0) is 20.9. The molecule has 28 heavy (non-hydrogen) atoms. The van der Waals surface area contributed by atoms with Crippen molar-refractivity contribution < 1.29 is 22.8 Å². The zero-order valence-electron chi connectivity index (χ0n) is 16.0. The molecule has 2 aromatic carbocycles. The molecule has 0 atom stereocenters. The van der Waals surface area contributed by atoms with E-state index in [2.05, 4.69) is 5.32 Å². The normalized spacial score (nSPS) is 11.4. The Hall–Kier alpha value is -2.83. The molecule has 0 aromatic heterocycles. The van der Waals surface area contributed by atoms with Gasteiger partial charge in [-0.25, -0.2) is 0 Å². The lowest BCUT2D eigenvalue weighted by Crippen LogP contribution is -2.42. The third-order valence-electron chi connectivity index (χ3n) is 4.13. The van der Waals surface area contributed by atoms with Gasteiger partial charge in [-0.3, -0.25) is 9.59 Å². The van der Waals surface area contributed by atoms with E-state index >= 15 is 0 Å². The van der Waals surface area contributed by atoms with E-state index in [1.54, 1.807) is 31.2 Å². The molecule has 2 aromatic rings. The molecule has 2 amide bonds. The molecule has 0 saturated heterocycles. The third-order valence-corrected chi connectivity index (χ3v) is 4.13. The van der Waals surface area contributed by atoms with E-state index in [-0.39, 0.29) is 24.4 Å². The molecule has 4 nitrogen and oxygen atoms in total. The fourth-order valence-electron chi connectivity index (χ4n) is 2.80. The average molecular weight is 392 g/mol. The van der Waals surface area contributed by atoms with Crippen molar-refractivity contribution in [3.63, 3.8) is 0 Å². The maximum Gasteiger partial charge on any atom is 0.416 e. The fourth-order valence-corrected chi connectivity index (χ4v) is 2.80. The van der Waals surface area contributed by atoms with Crippen molar-refractivity contribution in [3.05, 3.63) is 59.7 Å². The van der Waals surface area contributed by atoms with E-state index in [1.807, 2.05) is 13.8 Å². The summed E-state index contributed by atoms with van der Waals surface area (Å²) in [6.07, 6.45) is -4.42. The van der Waals surface area contributed by atoms with Gasteiger partial charge >= 0.3 is 6.18 Å². The van der Waals surface area contributed by atoms with Crippen LogP contribution in [0.2, 0.25) is 0 Å². The summed E-state index contributed by atoms with van der Waals surface area (Å²) in [7, 11) is 0. The minimum absolute atomic E-state index is 0.0410. The number of alkyl halides is 3. The second-order valence-electron chi connectivity index (χ2n) is 6.66. The van der Waals surface area contributed by atoms with Crippen LogP contribution in [-0.4, -0.2) is 35.8 Å². The number of halogens is 3. The molecule has 0 radical (unpaired) electrons. The van der Waals surface area contributed by atoms with Gasteiger partial charge in [0.1, 0.15) is 0 Å². The number of hydrogen-bond acceptors (Lipinski definition) is 2. The van der Waals surface area contributed by atoms with E-state index in [0.717, 1.165) is 12.1 Å². The lowest BCUT2D eigenvalue weighted by Gasteiger charge is -2.22. The Morgan fingerprint density at radius 3 is 2.18 bits per heavy atom. The average Bonchev–Trinajstić information content (AvgIpc) is 2.64. The maximum atomic E-state index is 13.0. The largest absolute Gasteiger partial charge is 0.416 e. The predicted octanol–water partition coefficient (Wildman–Crippen LogP) is 4.36. The summed E-state index contributed by atoms with van der Waals surface area (Å²) in [6.45, 7) is 5.66. The van der Waals surface area contributed by atoms with Crippen molar-refractivity contribution in [3.8, 4) is 11.1 Å².